The van der Waals surface area contributed by atoms with E-state index in [2.05, 4.69) is 0 Å². The molecule has 0 N–H and O–H groups in total. The van der Waals surface area contributed by atoms with Crippen molar-refractivity contribution in [2.75, 3.05) is 0 Å². The predicted molar refractivity (Wildman–Crippen MR) is 61.2 cm³/mol. The summed E-state index contributed by atoms with van der Waals surface area (Å²) in [5.74, 6) is -4.66. The van der Waals surface area contributed by atoms with Gasteiger partial charge in [0.05, 0.1) is 5.56 Å². The molecule has 110 valence electrons. The van der Waals surface area contributed by atoms with E-state index >= 15 is 0 Å². The molecule has 21 heavy (non-hydrogen) atoms. The maximum atomic E-state index is 13.4. The van der Waals surface area contributed by atoms with Gasteiger partial charge in [0.15, 0.2) is 5.78 Å². The molecule has 0 saturated heterocycles. The Hall–Kier alpha value is -2.31. The highest BCUT2D eigenvalue weighted by atomic mass is 19.4. The van der Waals surface area contributed by atoms with Crippen LogP contribution in [-0.4, -0.2) is 5.78 Å². The zero-order chi connectivity index (χ0) is 15.8. The van der Waals surface area contributed by atoms with Crippen LogP contribution in [0, 0.1) is 17.5 Å². The van der Waals surface area contributed by atoms with Crippen molar-refractivity contribution in [3.05, 3.63) is 70.5 Å². The molecule has 0 fully saturated rings. The molecule has 0 atom stereocenters. The fraction of sp³-hybridized carbons (Fsp3) is 0.0714. The number of benzene rings is 2. The molecule has 7 heteroatoms. The highest BCUT2D eigenvalue weighted by molar-refractivity contribution is 6.09. The van der Waals surface area contributed by atoms with Crippen molar-refractivity contribution < 1.29 is 31.1 Å². The van der Waals surface area contributed by atoms with Crippen molar-refractivity contribution >= 4 is 5.78 Å². The van der Waals surface area contributed by atoms with Gasteiger partial charge in [-0.2, -0.15) is 13.2 Å². The van der Waals surface area contributed by atoms with Gasteiger partial charge in [-0.25, -0.2) is 13.2 Å². The summed E-state index contributed by atoms with van der Waals surface area (Å²) in [4.78, 5) is 11.9. The summed E-state index contributed by atoms with van der Waals surface area (Å²) < 4.78 is 76.5. The molecule has 2 rings (SSSR count). The third kappa shape index (κ3) is 3.24. The quantitative estimate of drug-likeness (QED) is 0.595. The maximum absolute atomic E-state index is 13.4. The number of rotatable bonds is 2. The Kier molecular flexibility index (Phi) is 3.76. The van der Waals surface area contributed by atoms with Gasteiger partial charge in [-0.15, -0.1) is 0 Å². The molecule has 1 nitrogen and oxygen atoms in total. The van der Waals surface area contributed by atoms with Gasteiger partial charge in [0.2, 0.25) is 0 Å². The lowest BCUT2D eigenvalue weighted by atomic mass is 10.0. The summed E-state index contributed by atoms with van der Waals surface area (Å²) in [7, 11) is 0. The molecule has 0 radical (unpaired) electrons. The summed E-state index contributed by atoms with van der Waals surface area (Å²) in [6, 6.07) is 3.48. The molecule has 0 heterocycles. The number of ketones is 1. The zero-order valence-electron chi connectivity index (χ0n) is 10.1. The number of carbonyl (C=O) groups excluding carboxylic acids is 1. The molecular weight excluding hydrogens is 298 g/mol. The first kappa shape index (κ1) is 15.1. The topological polar surface area (TPSA) is 17.1 Å². The van der Waals surface area contributed by atoms with E-state index in [9.17, 15) is 31.1 Å². The predicted octanol–water partition coefficient (Wildman–Crippen LogP) is 4.35. The fourth-order valence-electron chi connectivity index (χ4n) is 1.74. The molecule has 0 aliphatic carbocycles. The first-order chi connectivity index (χ1) is 9.68. The van der Waals surface area contributed by atoms with Gasteiger partial charge in [-0.3, -0.25) is 4.79 Å². The van der Waals surface area contributed by atoms with E-state index in [0.717, 1.165) is 6.07 Å². The summed E-state index contributed by atoms with van der Waals surface area (Å²) in [6.45, 7) is 0. The van der Waals surface area contributed by atoms with E-state index in [1.165, 1.54) is 0 Å². The lowest BCUT2D eigenvalue weighted by molar-refractivity contribution is -0.140. The number of alkyl halides is 3. The average molecular weight is 304 g/mol. The summed E-state index contributed by atoms with van der Waals surface area (Å²) in [5, 5.41) is 0. The number of carbonyl (C=O) groups is 1. The van der Waals surface area contributed by atoms with Crippen molar-refractivity contribution in [3.8, 4) is 0 Å². The summed E-state index contributed by atoms with van der Waals surface area (Å²) in [6.07, 6.45) is -4.89. The third-order valence-electron chi connectivity index (χ3n) is 2.66. The van der Waals surface area contributed by atoms with E-state index in [1.807, 2.05) is 0 Å². The van der Waals surface area contributed by atoms with Crippen molar-refractivity contribution in [1.29, 1.82) is 0 Å². The Labute approximate surface area is 114 Å². The molecular formula is C14H6F6O. The Morgan fingerprint density at radius 2 is 1.38 bits per heavy atom. The molecule has 0 unspecified atom stereocenters. The van der Waals surface area contributed by atoms with Crippen LogP contribution in [0.4, 0.5) is 26.3 Å². The summed E-state index contributed by atoms with van der Waals surface area (Å²) in [5.41, 5.74) is -2.39. The van der Waals surface area contributed by atoms with Crippen LogP contribution in [-0.2, 0) is 6.18 Å². The minimum atomic E-state index is -4.89. The number of halogens is 6. The molecule has 0 saturated carbocycles. The molecule has 2 aromatic rings. The first-order valence-corrected chi connectivity index (χ1v) is 5.56. The SMILES string of the molecule is O=C(c1cc(F)cc(F)c1)c1ccc(C(F)(F)F)c(F)c1. The van der Waals surface area contributed by atoms with Gasteiger partial charge in [0, 0.05) is 17.2 Å². The van der Waals surface area contributed by atoms with Crippen LogP contribution in [0.25, 0.3) is 0 Å². The van der Waals surface area contributed by atoms with Gasteiger partial charge in [-0.05, 0) is 24.3 Å². The van der Waals surface area contributed by atoms with Crippen LogP contribution < -0.4 is 0 Å². The Morgan fingerprint density at radius 3 is 1.86 bits per heavy atom. The second-order valence-electron chi connectivity index (χ2n) is 4.18. The van der Waals surface area contributed by atoms with Crippen molar-refractivity contribution in [2.45, 2.75) is 6.18 Å². The standard InChI is InChI=1S/C14H6F6O/c15-9-3-8(4-10(16)6-9)13(21)7-1-2-11(12(17)5-7)14(18,19)20/h1-6H. The minimum Gasteiger partial charge on any atom is -0.289 e. The maximum Gasteiger partial charge on any atom is 0.419 e. The van der Waals surface area contributed by atoms with E-state index in [4.69, 9.17) is 0 Å². The minimum absolute atomic E-state index is 0.383. The molecule has 0 aliphatic rings. The van der Waals surface area contributed by atoms with Crippen LogP contribution in [0.3, 0.4) is 0 Å². The van der Waals surface area contributed by atoms with Crippen LogP contribution in [0.5, 0.6) is 0 Å². The van der Waals surface area contributed by atoms with Crippen LogP contribution in [0.15, 0.2) is 36.4 Å². The van der Waals surface area contributed by atoms with Gasteiger partial charge in [-0.1, -0.05) is 6.07 Å². The van der Waals surface area contributed by atoms with Crippen molar-refractivity contribution in [3.63, 3.8) is 0 Å². The first-order valence-electron chi connectivity index (χ1n) is 5.56. The summed E-state index contributed by atoms with van der Waals surface area (Å²) >= 11 is 0. The van der Waals surface area contributed by atoms with Gasteiger partial charge in [0.25, 0.3) is 0 Å². The fourth-order valence-corrected chi connectivity index (χ4v) is 1.74. The van der Waals surface area contributed by atoms with E-state index in [1.54, 1.807) is 0 Å². The number of hydrogen-bond donors (Lipinski definition) is 0. The third-order valence-corrected chi connectivity index (χ3v) is 2.66. The smallest absolute Gasteiger partial charge is 0.289 e. The molecule has 0 bridgehead atoms. The van der Waals surface area contributed by atoms with Crippen molar-refractivity contribution in [2.24, 2.45) is 0 Å². The Morgan fingerprint density at radius 1 is 0.810 bits per heavy atom. The molecule has 0 amide bonds. The molecule has 0 spiro atoms. The normalized spacial score (nSPS) is 11.5. The zero-order valence-corrected chi connectivity index (χ0v) is 10.1. The van der Waals surface area contributed by atoms with Crippen molar-refractivity contribution in [1.82, 2.24) is 0 Å². The van der Waals surface area contributed by atoms with Gasteiger partial charge in [0.1, 0.15) is 17.5 Å². The van der Waals surface area contributed by atoms with E-state index in [-0.39, 0.29) is 0 Å². The average Bonchev–Trinajstić information content (AvgIpc) is 2.35. The van der Waals surface area contributed by atoms with Gasteiger partial charge < -0.3 is 0 Å². The second kappa shape index (κ2) is 5.23. The highest BCUT2D eigenvalue weighted by Gasteiger charge is 2.34. The molecule has 0 aliphatic heterocycles. The molecule has 2 aromatic carbocycles. The monoisotopic (exact) mass is 304 g/mol. The number of hydrogen-bond acceptors (Lipinski definition) is 1. The Bertz CT molecular complexity index is 685. The Balaban J connectivity index is 2.43. The van der Waals surface area contributed by atoms with E-state index in [0.29, 0.717) is 30.3 Å². The van der Waals surface area contributed by atoms with E-state index < -0.39 is 46.1 Å². The van der Waals surface area contributed by atoms with Crippen LogP contribution >= 0.6 is 0 Å². The largest absolute Gasteiger partial charge is 0.419 e. The highest BCUT2D eigenvalue weighted by Crippen LogP contribution is 2.31. The second-order valence-corrected chi connectivity index (χ2v) is 4.18. The lowest BCUT2D eigenvalue weighted by Crippen LogP contribution is -2.10. The van der Waals surface area contributed by atoms with Gasteiger partial charge >= 0.3 is 6.18 Å². The van der Waals surface area contributed by atoms with Crippen LogP contribution in [0.1, 0.15) is 21.5 Å². The van der Waals surface area contributed by atoms with Crippen LogP contribution in [0.2, 0.25) is 0 Å². The molecule has 0 aromatic heterocycles. The lowest BCUT2D eigenvalue weighted by Gasteiger charge is -2.09.